The third-order valence-electron chi connectivity index (χ3n) is 3.55. The monoisotopic (exact) mass is 292 g/mol. The predicted molar refractivity (Wildman–Crippen MR) is 81.8 cm³/mol. The molecule has 0 radical (unpaired) electrons. The summed E-state index contributed by atoms with van der Waals surface area (Å²) < 4.78 is 0. The van der Waals surface area contributed by atoms with Gasteiger partial charge in [0.25, 0.3) is 0 Å². The maximum absolute atomic E-state index is 6.12. The Labute approximate surface area is 123 Å². The molecule has 0 bridgehead atoms. The van der Waals surface area contributed by atoms with Crippen molar-refractivity contribution in [2.45, 2.75) is 12.6 Å². The van der Waals surface area contributed by atoms with Gasteiger partial charge in [0.15, 0.2) is 0 Å². The molecule has 100 valence electrons. The van der Waals surface area contributed by atoms with E-state index >= 15 is 0 Å². The van der Waals surface area contributed by atoms with Gasteiger partial charge in [-0.15, -0.1) is 0 Å². The summed E-state index contributed by atoms with van der Waals surface area (Å²) in [6, 6.07) is 10.8. The molecule has 0 saturated carbocycles. The molecule has 2 nitrogen and oxygen atoms in total. The van der Waals surface area contributed by atoms with Crippen molar-refractivity contribution in [2.75, 3.05) is 19.6 Å². The molecule has 3 rings (SSSR count). The zero-order valence-electron chi connectivity index (χ0n) is 10.7. The lowest BCUT2D eigenvalue weighted by Crippen LogP contribution is -2.45. The van der Waals surface area contributed by atoms with Gasteiger partial charge in [0, 0.05) is 37.2 Å². The lowest BCUT2D eigenvalue weighted by atomic mass is 10.0. The van der Waals surface area contributed by atoms with Crippen LogP contribution in [0.15, 0.2) is 41.1 Å². The number of nitrogens with zero attached hydrogens (tertiary/aromatic N) is 1. The molecule has 1 saturated heterocycles. The Morgan fingerprint density at radius 1 is 1.37 bits per heavy atom. The summed E-state index contributed by atoms with van der Waals surface area (Å²) >= 11 is 7.88. The lowest BCUT2D eigenvalue weighted by molar-refractivity contribution is 0.154. The van der Waals surface area contributed by atoms with E-state index in [4.69, 9.17) is 11.6 Å². The van der Waals surface area contributed by atoms with Crippen LogP contribution in [0.25, 0.3) is 0 Å². The molecule has 0 aliphatic carbocycles. The largest absolute Gasteiger partial charge is 0.314 e. The van der Waals surface area contributed by atoms with Crippen LogP contribution in [-0.2, 0) is 6.54 Å². The molecular formula is C15H17ClN2S. The Balaban J connectivity index is 1.80. The first-order valence-corrected chi connectivity index (χ1v) is 7.86. The van der Waals surface area contributed by atoms with Crippen molar-refractivity contribution in [3.8, 4) is 0 Å². The van der Waals surface area contributed by atoms with Gasteiger partial charge in [0.2, 0.25) is 0 Å². The smallest absolute Gasteiger partial charge is 0.0477 e. The number of benzene rings is 1. The summed E-state index contributed by atoms with van der Waals surface area (Å²) in [6.45, 7) is 4.14. The molecular weight excluding hydrogens is 276 g/mol. The van der Waals surface area contributed by atoms with Crippen molar-refractivity contribution >= 4 is 22.9 Å². The van der Waals surface area contributed by atoms with Crippen LogP contribution in [-0.4, -0.2) is 24.5 Å². The molecule has 0 amide bonds. The number of piperazine rings is 1. The maximum atomic E-state index is 6.12. The second kappa shape index (κ2) is 6.06. The minimum atomic E-state index is 0.410. The number of hydrogen-bond acceptors (Lipinski definition) is 3. The zero-order chi connectivity index (χ0) is 13.1. The molecule has 1 fully saturated rings. The topological polar surface area (TPSA) is 15.3 Å². The van der Waals surface area contributed by atoms with Crippen molar-refractivity contribution in [1.82, 2.24) is 10.2 Å². The molecule has 1 unspecified atom stereocenters. The van der Waals surface area contributed by atoms with E-state index in [0.717, 1.165) is 31.2 Å². The number of nitrogens with one attached hydrogen (secondary N) is 1. The minimum Gasteiger partial charge on any atom is -0.314 e. The van der Waals surface area contributed by atoms with Gasteiger partial charge in [0.05, 0.1) is 0 Å². The van der Waals surface area contributed by atoms with E-state index in [1.54, 1.807) is 11.3 Å². The average Bonchev–Trinajstić information content (AvgIpc) is 2.92. The minimum absolute atomic E-state index is 0.410. The van der Waals surface area contributed by atoms with E-state index in [1.807, 2.05) is 12.1 Å². The van der Waals surface area contributed by atoms with Gasteiger partial charge in [-0.3, -0.25) is 4.90 Å². The van der Waals surface area contributed by atoms with Crippen molar-refractivity contribution in [1.29, 1.82) is 0 Å². The Kier molecular flexibility index (Phi) is 4.18. The zero-order valence-corrected chi connectivity index (χ0v) is 12.3. The molecule has 2 aromatic rings. The first-order valence-electron chi connectivity index (χ1n) is 6.54. The van der Waals surface area contributed by atoms with Gasteiger partial charge < -0.3 is 5.32 Å². The standard InChI is InChI=1S/C15H17ClN2S/c16-14-3-1-2-13(8-14)15-9-17-5-6-18(15)10-12-4-7-19-11-12/h1-4,7-8,11,15,17H,5-6,9-10H2. The molecule has 4 heteroatoms. The molecule has 1 aromatic heterocycles. The molecule has 1 aliphatic heterocycles. The second-order valence-electron chi connectivity index (χ2n) is 4.88. The highest BCUT2D eigenvalue weighted by Crippen LogP contribution is 2.26. The molecule has 1 N–H and O–H groups in total. The van der Waals surface area contributed by atoms with E-state index in [0.29, 0.717) is 6.04 Å². The quantitative estimate of drug-likeness (QED) is 0.931. The summed E-state index contributed by atoms with van der Waals surface area (Å²) in [5.74, 6) is 0. The van der Waals surface area contributed by atoms with Gasteiger partial charge in [0.1, 0.15) is 0 Å². The van der Waals surface area contributed by atoms with E-state index in [1.165, 1.54) is 11.1 Å². The van der Waals surface area contributed by atoms with Crippen LogP contribution in [0, 0.1) is 0 Å². The molecule has 0 spiro atoms. The third kappa shape index (κ3) is 3.18. The van der Waals surface area contributed by atoms with E-state index in [2.05, 4.69) is 39.2 Å². The summed E-state index contributed by atoms with van der Waals surface area (Å²) in [7, 11) is 0. The van der Waals surface area contributed by atoms with Crippen LogP contribution in [0.1, 0.15) is 17.2 Å². The van der Waals surface area contributed by atoms with Gasteiger partial charge in [-0.2, -0.15) is 11.3 Å². The van der Waals surface area contributed by atoms with Gasteiger partial charge in [-0.1, -0.05) is 23.7 Å². The summed E-state index contributed by atoms with van der Waals surface area (Å²) in [6.07, 6.45) is 0. The summed E-state index contributed by atoms with van der Waals surface area (Å²) in [4.78, 5) is 2.53. The Morgan fingerprint density at radius 2 is 2.32 bits per heavy atom. The van der Waals surface area contributed by atoms with Crippen molar-refractivity contribution in [2.24, 2.45) is 0 Å². The Bertz CT molecular complexity index is 527. The third-order valence-corrected chi connectivity index (χ3v) is 4.52. The highest BCUT2D eigenvalue weighted by atomic mass is 35.5. The highest BCUT2D eigenvalue weighted by molar-refractivity contribution is 7.07. The fourth-order valence-corrected chi connectivity index (χ4v) is 3.45. The average molecular weight is 293 g/mol. The van der Waals surface area contributed by atoms with Gasteiger partial charge >= 0.3 is 0 Å². The van der Waals surface area contributed by atoms with Gasteiger partial charge in [-0.05, 0) is 40.1 Å². The molecule has 1 aromatic carbocycles. The number of thiophene rings is 1. The maximum Gasteiger partial charge on any atom is 0.0477 e. The fraction of sp³-hybridized carbons (Fsp3) is 0.333. The highest BCUT2D eigenvalue weighted by Gasteiger charge is 2.23. The normalized spacial score (nSPS) is 20.6. The number of rotatable bonds is 3. The van der Waals surface area contributed by atoms with Crippen LogP contribution in [0.3, 0.4) is 0 Å². The first kappa shape index (κ1) is 13.1. The van der Waals surface area contributed by atoms with Gasteiger partial charge in [-0.25, -0.2) is 0 Å². The molecule has 2 heterocycles. The molecule has 1 atom stereocenters. The summed E-state index contributed by atoms with van der Waals surface area (Å²) in [5, 5.41) is 8.68. The Morgan fingerprint density at radius 3 is 3.11 bits per heavy atom. The first-order chi connectivity index (χ1) is 9.33. The van der Waals surface area contributed by atoms with E-state index in [9.17, 15) is 0 Å². The lowest BCUT2D eigenvalue weighted by Gasteiger charge is -2.36. The second-order valence-corrected chi connectivity index (χ2v) is 6.09. The van der Waals surface area contributed by atoms with Crippen molar-refractivity contribution < 1.29 is 0 Å². The molecule has 19 heavy (non-hydrogen) atoms. The number of halogens is 1. The van der Waals surface area contributed by atoms with Crippen LogP contribution in [0.5, 0.6) is 0 Å². The van der Waals surface area contributed by atoms with Crippen LogP contribution in [0.4, 0.5) is 0 Å². The van der Waals surface area contributed by atoms with Crippen molar-refractivity contribution in [3.05, 3.63) is 57.2 Å². The van der Waals surface area contributed by atoms with Crippen LogP contribution in [0.2, 0.25) is 5.02 Å². The summed E-state index contributed by atoms with van der Waals surface area (Å²) in [5.41, 5.74) is 2.70. The Hall–Kier alpha value is -0.870. The molecule has 1 aliphatic rings. The van der Waals surface area contributed by atoms with Crippen molar-refractivity contribution in [3.63, 3.8) is 0 Å². The van der Waals surface area contributed by atoms with Crippen LogP contribution < -0.4 is 5.32 Å². The number of hydrogen-bond donors (Lipinski definition) is 1. The SMILES string of the molecule is Clc1cccc(C2CNCCN2Cc2ccsc2)c1. The fourth-order valence-electron chi connectivity index (χ4n) is 2.60. The van der Waals surface area contributed by atoms with E-state index in [-0.39, 0.29) is 0 Å². The van der Waals surface area contributed by atoms with E-state index < -0.39 is 0 Å². The van der Waals surface area contributed by atoms with Crippen LogP contribution >= 0.6 is 22.9 Å². The predicted octanol–water partition coefficient (Wildman–Crippen LogP) is 3.55.